The molecule has 2 atom stereocenters. The van der Waals surface area contributed by atoms with Gasteiger partial charge in [-0.2, -0.15) is 0 Å². The van der Waals surface area contributed by atoms with Gasteiger partial charge in [0.2, 0.25) is 11.8 Å². The van der Waals surface area contributed by atoms with Crippen molar-refractivity contribution in [3.05, 3.63) is 0 Å². The first kappa shape index (κ1) is 16.4. The van der Waals surface area contributed by atoms with E-state index in [-0.39, 0.29) is 11.8 Å². The molecule has 1 aliphatic carbocycles. The Kier molecular flexibility index (Phi) is 4.31. The summed E-state index contributed by atoms with van der Waals surface area (Å²) in [6.07, 6.45) is 6.67. The lowest BCUT2D eigenvalue weighted by Gasteiger charge is -2.37. The van der Waals surface area contributed by atoms with Gasteiger partial charge < -0.3 is 14.5 Å². The summed E-state index contributed by atoms with van der Waals surface area (Å²) in [5, 5.41) is 0. The molecule has 0 N–H and O–H groups in total. The summed E-state index contributed by atoms with van der Waals surface area (Å²) in [4.78, 5) is 30.1. The number of nitrogens with zero attached hydrogens (tertiary/aromatic N) is 2. The molecule has 24 heavy (non-hydrogen) atoms. The van der Waals surface area contributed by atoms with Crippen LogP contribution in [0.5, 0.6) is 0 Å². The number of carbonyl (C=O) groups excluding carboxylic acids is 2. The van der Waals surface area contributed by atoms with E-state index < -0.39 is 5.54 Å². The topological polar surface area (TPSA) is 49.9 Å². The average molecular weight is 334 g/mol. The molecule has 5 heteroatoms. The van der Waals surface area contributed by atoms with Crippen molar-refractivity contribution in [2.24, 2.45) is 17.8 Å². The number of piperidine rings is 2. The third kappa shape index (κ3) is 2.75. The SMILES string of the molecule is CC1CCN(C(=O)C23CC2CCN3C(=O)CC2CCOCC2)CC1. The fraction of sp³-hybridized carbons (Fsp3) is 0.895. The first-order chi connectivity index (χ1) is 11.6. The van der Waals surface area contributed by atoms with Gasteiger partial charge in [-0.1, -0.05) is 6.92 Å². The van der Waals surface area contributed by atoms with E-state index in [0.717, 1.165) is 77.3 Å². The molecule has 2 unspecified atom stereocenters. The maximum atomic E-state index is 13.2. The number of ether oxygens (including phenoxy) is 1. The maximum Gasteiger partial charge on any atom is 0.248 e. The van der Waals surface area contributed by atoms with Crippen molar-refractivity contribution in [3.8, 4) is 0 Å². The molecular weight excluding hydrogens is 304 g/mol. The van der Waals surface area contributed by atoms with Gasteiger partial charge >= 0.3 is 0 Å². The zero-order chi connectivity index (χ0) is 16.7. The lowest BCUT2D eigenvalue weighted by atomic mass is 9.95. The number of fused-ring (bicyclic) bond motifs is 1. The Hall–Kier alpha value is -1.10. The molecule has 4 rings (SSSR count). The summed E-state index contributed by atoms with van der Waals surface area (Å²) < 4.78 is 5.40. The van der Waals surface area contributed by atoms with Crippen LogP contribution >= 0.6 is 0 Å². The van der Waals surface area contributed by atoms with Crippen molar-refractivity contribution in [2.75, 3.05) is 32.8 Å². The molecular formula is C19H30N2O3. The van der Waals surface area contributed by atoms with Gasteiger partial charge in [-0.15, -0.1) is 0 Å². The van der Waals surface area contributed by atoms with Crippen LogP contribution in [0.4, 0.5) is 0 Å². The Labute approximate surface area is 144 Å². The normalized spacial score (nSPS) is 34.3. The van der Waals surface area contributed by atoms with Gasteiger partial charge in [0.05, 0.1) is 0 Å². The largest absolute Gasteiger partial charge is 0.381 e. The Morgan fingerprint density at radius 2 is 1.75 bits per heavy atom. The smallest absolute Gasteiger partial charge is 0.248 e. The van der Waals surface area contributed by atoms with Crippen molar-refractivity contribution in [1.82, 2.24) is 9.80 Å². The minimum Gasteiger partial charge on any atom is -0.381 e. The monoisotopic (exact) mass is 334 g/mol. The Balaban J connectivity index is 1.42. The van der Waals surface area contributed by atoms with E-state index in [1.54, 1.807) is 0 Å². The van der Waals surface area contributed by atoms with Gasteiger partial charge in [-0.25, -0.2) is 0 Å². The first-order valence-corrected chi connectivity index (χ1v) is 9.79. The van der Waals surface area contributed by atoms with Crippen LogP contribution in [0.1, 0.15) is 51.9 Å². The van der Waals surface area contributed by atoms with E-state index >= 15 is 0 Å². The molecule has 3 saturated heterocycles. The first-order valence-electron chi connectivity index (χ1n) is 9.79. The second kappa shape index (κ2) is 6.32. The molecule has 0 aromatic heterocycles. The summed E-state index contributed by atoms with van der Waals surface area (Å²) in [6.45, 7) is 6.34. The van der Waals surface area contributed by atoms with Gasteiger partial charge in [0.1, 0.15) is 5.54 Å². The lowest BCUT2D eigenvalue weighted by Crippen LogP contribution is -2.53. The number of hydrogen-bond donors (Lipinski definition) is 0. The fourth-order valence-electron chi connectivity index (χ4n) is 4.99. The lowest BCUT2D eigenvalue weighted by molar-refractivity contribution is -0.148. The molecule has 0 aromatic rings. The van der Waals surface area contributed by atoms with Crippen LogP contribution in [0.3, 0.4) is 0 Å². The van der Waals surface area contributed by atoms with Crippen molar-refractivity contribution >= 4 is 11.8 Å². The van der Waals surface area contributed by atoms with E-state index in [2.05, 4.69) is 6.92 Å². The average Bonchev–Trinajstić information content (AvgIpc) is 3.21. The molecule has 3 heterocycles. The summed E-state index contributed by atoms with van der Waals surface area (Å²) in [7, 11) is 0. The molecule has 134 valence electrons. The fourth-order valence-corrected chi connectivity index (χ4v) is 4.99. The standard InChI is InChI=1S/C19H30N2O3/c1-14-2-7-20(8-3-14)18(23)19-13-16(19)4-9-21(19)17(22)12-15-5-10-24-11-6-15/h14-16H,2-13H2,1H3. The quantitative estimate of drug-likeness (QED) is 0.794. The molecule has 0 bridgehead atoms. The molecule has 4 aliphatic rings. The Morgan fingerprint density at radius 3 is 2.42 bits per heavy atom. The Bertz CT molecular complexity index is 509. The van der Waals surface area contributed by atoms with Crippen molar-refractivity contribution in [2.45, 2.75) is 57.4 Å². The van der Waals surface area contributed by atoms with E-state index in [1.807, 2.05) is 9.80 Å². The molecule has 3 aliphatic heterocycles. The summed E-state index contributed by atoms with van der Waals surface area (Å²) in [5.74, 6) is 2.03. The highest BCUT2D eigenvalue weighted by Crippen LogP contribution is 2.57. The van der Waals surface area contributed by atoms with Gasteiger partial charge in [0.15, 0.2) is 0 Å². The van der Waals surface area contributed by atoms with Crippen LogP contribution in [-0.2, 0) is 14.3 Å². The zero-order valence-electron chi connectivity index (χ0n) is 14.8. The van der Waals surface area contributed by atoms with E-state index in [1.165, 1.54) is 0 Å². The van der Waals surface area contributed by atoms with Crippen molar-refractivity contribution in [1.29, 1.82) is 0 Å². The van der Waals surface area contributed by atoms with Crippen LogP contribution in [-0.4, -0.2) is 60.0 Å². The van der Waals surface area contributed by atoms with Gasteiger partial charge in [-0.3, -0.25) is 9.59 Å². The molecule has 5 nitrogen and oxygen atoms in total. The molecule has 4 fully saturated rings. The van der Waals surface area contributed by atoms with E-state index in [4.69, 9.17) is 4.74 Å². The second-order valence-electron chi connectivity index (χ2n) is 8.39. The van der Waals surface area contributed by atoms with E-state index in [0.29, 0.717) is 18.3 Å². The zero-order valence-corrected chi connectivity index (χ0v) is 14.8. The molecule has 0 radical (unpaired) electrons. The van der Waals surface area contributed by atoms with Gasteiger partial charge in [0.25, 0.3) is 0 Å². The predicted molar refractivity (Wildman–Crippen MR) is 90.3 cm³/mol. The van der Waals surface area contributed by atoms with Gasteiger partial charge in [0, 0.05) is 39.3 Å². The van der Waals surface area contributed by atoms with Gasteiger partial charge in [-0.05, 0) is 56.3 Å². The van der Waals surface area contributed by atoms with Crippen LogP contribution in [0, 0.1) is 17.8 Å². The van der Waals surface area contributed by atoms with E-state index in [9.17, 15) is 9.59 Å². The highest BCUT2D eigenvalue weighted by atomic mass is 16.5. The second-order valence-corrected chi connectivity index (χ2v) is 8.39. The van der Waals surface area contributed by atoms with Crippen LogP contribution in [0.25, 0.3) is 0 Å². The Morgan fingerprint density at radius 1 is 1.04 bits per heavy atom. The third-order valence-corrected chi connectivity index (χ3v) is 6.80. The van der Waals surface area contributed by atoms with Crippen LogP contribution in [0.15, 0.2) is 0 Å². The number of amides is 2. The minimum atomic E-state index is -0.456. The summed E-state index contributed by atoms with van der Waals surface area (Å²) in [6, 6.07) is 0. The molecule has 2 amide bonds. The minimum absolute atomic E-state index is 0.209. The van der Waals surface area contributed by atoms with Crippen molar-refractivity contribution in [3.63, 3.8) is 0 Å². The molecule has 1 saturated carbocycles. The third-order valence-electron chi connectivity index (χ3n) is 6.80. The maximum absolute atomic E-state index is 13.2. The highest BCUT2D eigenvalue weighted by Gasteiger charge is 2.69. The number of rotatable bonds is 3. The van der Waals surface area contributed by atoms with Crippen LogP contribution < -0.4 is 0 Å². The number of likely N-dealkylation sites (tertiary alicyclic amines) is 2. The summed E-state index contributed by atoms with van der Waals surface area (Å²) in [5.41, 5.74) is -0.456. The number of carbonyl (C=O) groups is 2. The predicted octanol–water partition coefficient (Wildman–Crippen LogP) is 2.05. The van der Waals surface area contributed by atoms with Crippen LogP contribution in [0.2, 0.25) is 0 Å². The molecule has 0 spiro atoms. The molecule has 0 aromatic carbocycles. The van der Waals surface area contributed by atoms with Crippen molar-refractivity contribution < 1.29 is 14.3 Å². The highest BCUT2D eigenvalue weighted by molar-refractivity contribution is 5.95. The number of hydrogen-bond acceptors (Lipinski definition) is 3. The summed E-state index contributed by atoms with van der Waals surface area (Å²) >= 11 is 0.